The van der Waals surface area contributed by atoms with E-state index in [-0.39, 0.29) is 0 Å². The molecule has 2 heteroatoms. The molecule has 0 saturated heterocycles. The van der Waals surface area contributed by atoms with Crippen LogP contribution in [0.15, 0.2) is 47.1 Å². The lowest BCUT2D eigenvalue weighted by molar-refractivity contribution is 0.213. The molecule has 0 radical (unpaired) electrons. The first-order valence-corrected chi connectivity index (χ1v) is 5.53. The number of aryl methyl sites for hydroxylation is 1. The molecule has 1 rings (SSSR count). The second kappa shape index (κ2) is 6.83. The van der Waals surface area contributed by atoms with Crippen LogP contribution in [0.4, 0.5) is 0 Å². The van der Waals surface area contributed by atoms with Crippen molar-refractivity contribution in [3.8, 4) is 0 Å². The Labute approximate surface area is 97.6 Å². The first-order valence-electron chi connectivity index (χ1n) is 5.53. The van der Waals surface area contributed by atoms with E-state index in [9.17, 15) is 0 Å². The van der Waals surface area contributed by atoms with E-state index in [0.29, 0.717) is 0 Å². The highest BCUT2D eigenvalue weighted by atomic mass is 16.6. The molecule has 1 aromatic carbocycles. The van der Waals surface area contributed by atoms with Gasteiger partial charge in [-0.3, -0.25) is 0 Å². The zero-order valence-corrected chi connectivity index (χ0v) is 10.2. The number of allylic oxidation sites excluding steroid dienone is 2. The first-order chi connectivity index (χ1) is 7.74. The Morgan fingerprint density at radius 3 is 2.56 bits per heavy atom. The number of benzene rings is 1. The van der Waals surface area contributed by atoms with Crippen molar-refractivity contribution in [3.05, 3.63) is 47.5 Å². The highest BCUT2D eigenvalue weighted by molar-refractivity contribution is 5.97. The van der Waals surface area contributed by atoms with Gasteiger partial charge in [-0.2, -0.15) is 0 Å². The summed E-state index contributed by atoms with van der Waals surface area (Å²) in [5.41, 5.74) is 3.49. The molecule has 0 amide bonds. The molecule has 86 valence electrons. The quantitative estimate of drug-likeness (QED) is 0.545. The van der Waals surface area contributed by atoms with Crippen LogP contribution < -0.4 is 0 Å². The first kappa shape index (κ1) is 12.5. The molecule has 0 aliphatic heterocycles. The van der Waals surface area contributed by atoms with Crippen molar-refractivity contribution >= 4 is 5.71 Å². The summed E-state index contributed by atoms with van der Waals surface area (Å²) in [5, 5.41) is 3.90. The van der Waals surface area contributed by atoms with Crippen LogP contribution >= 0.6 is 0 Å². The van der Waals surface area contributed by atoms with E-state index in [1.165, 1.54) is 11.1 Å². The van der Waals surface area contributed by atoms with E-state index in [4.69, 9.17) is 4.84 Å². The fourth-order valence-corrected chi connectivity index (χ4v) is 1.46. The van der Waals surface area contributed by atoms with Crippen molar-refractivity contribution in [1.29, 1.82) is 0 Å². The molecule has 0 saturated carbocycles. The Kier molecular flexibility index (Phi) is 5.34. The smallest absolute Gasteiger partial charge is 0.106 e. The van der Waals surface area contributed by atoms with Gasteiger partial charge in [-0.05, 0) is 37.8 Å². The van der Waals surface area contributed by atoms with Crippen molar-refractivity contribution in [2.45, 2.75) is 26.7 Å². The maximum Gasteiger partial charge on any atom is 0.106 e. The number of oxime groups is 1. The molecule has 0 aliphatic carbocycles. The van der Waals surface area contributed by atoms with Crippen molar-refractivity contribution < 1.29 is 4.84 Å². The molecule has 2 nitrogen and oxygen atoms in total. The Morgan fingerprint density at radius 1 is 1.25 bits per heavy atom. The van der Waals surface area contributed by atoms with Gasteiger partial charge in [0.1, 0.15) is 7.11 Å². The summed E-state index contributed by atoms with van der Waals surface area (Å²) in [6, 6.07) is 10.5. The highest BCUT2D eigenvalue weighted by Crippen LogP contribution is 2.06. The predicted molar refractivity (Wildman–Crippen MR) is 68.6 cm³/mol. The Hall–Kier alpha value is -1.57. The third-order valence-corrected chi connectivity index (χ3v) is 2.53. The van der Waals surface area contributed by atoms with Crippen LogP contribution in [-0.2, 0) is 11.3 Å². The van der Waals surface area contributed by atoms with Gasteiger partial charge in [-0.1, -0.05) is 41.6 Å². The number of rotatable bonds is 5. The topological polar surface area (TPSA) is 21.6 Å². The Balaban J connectivity index is 2.45. The van der Waals surface area contributed by atoms with Crippen LogP contribution in [0.5, 0.6) is 0 Å². The number of nitrogens with zero attached hydrogens (tertiary/aromatic N) is 1. The largest absolute Gasteiger partial charge is 0.399 e. The van der Waals surface area contributed by atoms with Gasteiger partial charge >= 0.3 is 0 Å². The molecular weight excluding hydrogens is 198 g/mol. The van der Waals surface area contributed by atoms with E-state index >= 15 is 0 Å². The van der Waals surface area contributed by atoms with Crippen molar-refractivity contribution in [3.63, 3.8) is 0 Å². The van der Waals surface area contributed by atoms with E-state index < -0.39 is 0 Å². The zero-order chi connectivity index (χ0) is 11.8. The molecule has 0 unspecified atom stereocenters. The number of hydrogen-bond acceptors (Lipinski definition) is 2. The van der Waals surface area contributed by atoms with Gasteiger partial charge in [-0.25, -0.2) is 0 Å². The Morgan fingerprint density at radius 2 is 1.94 bits per heavy atom. The summed E-state index contributed by atoms with van der Waals surface area (Å²) in [6.45, 7) is 4.01. The number of hydrogen-bond donors (Lipinski definition) is 0. The minimum atomic E-state index is 0.940. The minimum Gasteiger partial charge on any atom is -0.399 e. The molecule has 0 atom stereocenters. The predicted octanol–water partition coefficient (Wildman–Crippen LogP) is 3.59. The molecule has 0 aliphatic rings. The van der Waals surface area contributed by atoms with Crippen LogP contribution in [0.2, 0.25) is 0 Å². The van der Waals surface area contributed by atoms with Gasteiger partial charge in [0.05, 0.1) is 5.71 Å². The molecule has 0 aromatic heterocycles. The SMILES string of the molecule is CO/N=C(C)/C(C)=C/CCc1ccccc1. The molecule has 0 heterocycles. The van der Waals surface area contributed by atoms with E-state index in [2.05, 4.69) is 42.4 Å². The van der Waals surface area contributed by atoms with Crippen molar-refractivity contribution in [2.75, 3.05) is 7.11 Å². The summed E-state index contributed by atoms with van der Waals surface area (Å²) < 4.78 is 0. The minimum absolute atomic E-state index is 0.940. The van der Waals surface area contributed by atoms with Gasteiger partial charge in [0, 0.05) is 0 Å². The van der Waals surface area contributed by atoms with Gasteiger partial charge in [0.15, 0.2) is 0 Å². The van der Waals surface area contributed by atoms with Crippen LogP contribution in [0.1, 0.15) is 25.8 Å². The molecule has 0 N–H and O–H groups in total. The summed E-state index contributed by atoms with van der Waals surface area (Å²) in [5.74, 6) is 0. The fourth-order valence-electron chi connectivity index (χ4n) is 1.46. The lowest BCUT2D eigenvalue weighted by Crippen LogP contribution is -1.94. The van der Waals surface area contributed by atoms with Gasteiger partial charge in [0.25, 0.3) is 0 Å². The van der Waals surface area contributed by atoms with Crippen LogP contribution in [0.25, 0.3) is 0 Å². The molecule has 16 heavy (non-hydrogen) atoms. The monoisotopic (exact) mass is 217 g/mol. The third kappa shape index (κ3) is 4.30. The standard InChI is InChI=1S/C14H19NO/c1-12(13(2)15-16-3)8-7-11-14-9-5-4-6-10-14/h4-6,8-10H,7,11H2,1-3H3/b12-8+,15-13+. The maximum absolute atomic E-state index is 4.74. The second-order valence-electron chi connectivity index (χ2n) is 3.77. The zero-order valence-electron chi connectivity index (χ0n) is 10.2. The van der Waals surface area contributed by atoms with Gasteiger partial charge in [-0.15, -0.1) is 0 Å². The van der Waals surface area contributed by atoms with Crippen LogP contribution in [-0.4, -0.2) is 12.8 Å². The van der Waals surface area contributed by atoms with Crippen LogP contribution in [0.3, 0.4) is 0 Å². The molecular formula is C14H19NO. The van der Waals surface area contributed by atoms with E-state index in [1.807, 2.05) is 13.0 Å². The normalized spacial score (nSPS) is 12.7. The van der Waals surface area contributed by atoms with Crippen LogP contribution in [0, 0.1) is 0 Å². The van der Waals surface area contributed by atoms with E-state index in [0.717, 1.165) is 18.6 Å². The molecule has 0 spiro atoms. The van der Waals surface area contributed by atoms with Gasteiger partial charge < -0.3 is 4.84 Å². The summed E-state index contributed by atoms with van der Waals surface area (Å²) in [7, 11) is 1.57. The van der Waals surface area contributed by atoms with Crippen molar-refractivity contribution in [2.24, 2.45) is 5.16 Å². The fraction of sp³-hybridized carbons (Fsp3) is 0.357. The average Bonchev–Trinajstić information content (AvgIpc) is 2.30. The van der Waals surface area contributed by atoms with Gasteiger partial charge in [0.2, 0.25) is 0 Å². The maximum atomic E-state index is 4.74. The summed E-state index contributed by atoms with van der Waals surface area (Å²) >= 11 is 0. The van der Waals surface area contributed by atoms with E-state index in [1.54, 1.807) is 7.11 Å². The second-order valence-corrected chi connectivity index (χ2v) is 3.77. The summed E-state index contributed by atoms with van der Waals surface area (Å²) in [4.78, 5) is 4.74. The Bertz CT molecular complexity index is 366. The average molecular weight is 217 g/mol. The lowest BCUT2D eigenvalue weighted by atomic mass is 10.1. The molecule has 1 aromatic rings. The van der Waals surface area contributed by atoms with Crippen molar-refractivity contribution in [1.82, 2.24) is 0 Å². The molecule has 0 bridgehead atoms. The highest BCUT2D eigenvalue weighted by Gasteiger charge is 1.95. The third-order valence-electron chi connectivity index (χ3n) is 2.53. The molecule has 0 fully saturated rings. The summed E-state index contributed by atoms with van der Waals surface area (Å²) in [6.07, 6.45) is 4.30. The lowest BCUT2D eigenvalue weighted by Gasteiger charge is -2.00.